The Labute approximate surface area is 108 Å². The number of quaternary nitrogens is 1. The van der Waals surface area contributed by atoms with Crippen LogP contribution >= 0.6 is 0 Å². The Kier molecular flexibility index (Phi) is 3.09. The molecular formula is C12H17N4O3+. The minimum Gasteiger partial charge on any atom is -0.396 e. The zero-order chi connectivity index (χ0) is 13.4. The lowest BCUT2D eigenvalue weighted by molar-refractivity contribution is -0.904. The molecule has 3 rings (SSSR count). The van der Waals surface area contributed by atoms with Gasteiger partial charge in [0.15, 0.2) is 0 Å². The third-order valence-corrected chi connectivity index (χ3v) is 3.82. The lowest BCUT2D eigenvalue weighted by Gasteiger charge is -2.11. The van der Waals surface area contributed by atoms with Crippen molar-refractivity contribution in [2.24, 2.45) is 5.92 Å². The summed E-state index contributed by atoms with van der Waals surface area (Å²) in [7, 11) is 0. The second-order valence-electron chi connectivity index (χ2n) is 5.11. The zero-order valence-corrected chi connectivity index (χ0v) is 10.4. The summed E-state index contributed by atoms with van der Waals surface area (Å²) in [6.45, 7) is 2.04. The molecule has 2 aromatic rings. The van der Waals surface area contributed by atoms with Crippen molar-refractivity contribution in [3.05, 3.63) is 28.4 Å². The maximum absolute atomic E-state index is 11.6. The van der Waals surface area contributed by atoms with Crippen LogP contribution in [0.5, 0.6) is 0 Å². The van der Waals surface area contributed by atoms with Crippen LogP contribution < -0.4 is 10.5 Å². The van der Waals surface area contributed by atoms with Gasteiger partial charge in [0, 0.05) is 6.20 Å². The summed E-state index contributed by atoms with van der Waals surface area (Å²) in [4.78, 5) is 22.4. The summed E-state index contributed by atoms with van der Waals surface area (Å²) < 4.78 is 0. The average Bonchev–Trinajstić information content (AvgIpc) is 2.95. The van der Waals surface area contributed by atoms with E-state index in [-0.39, 0.29) is 18.1 Å². The minimum atomic E-state index is -0.457. The Morgan fingerprint density at radius 3 is 3.00 bits per heavy atom. The number of hydrogen-bond acceptors (Lipinski definition) is 4. The Hall–Kier alpha value is -1.70. The van der Waals surface area contributed by atoms with Crippen LogP contribution in [-0.2, 0) is 6.54 Å². The quantitative estimate of drug-likeness (QED) is 0.427. The highest BCUT2D eigenvalue weighted by atomic mass is 16.3. The van der Waals surface area contributed by atoms with Crippen LogP contribution in [0, 0.1) is 5.92 Å². The molecule has 19 heavy (non-hydrogen) atoms. The normalized spacial score (nSPS) is 27.2. The maximum atomic E-state index is 11.6. The van der Waals surface area contributed by atoms with E-state index in [4.69, 9.17) is 5.11 Å². The number of fused-ring (bicyclic) bond motifs is 1. The fraction of sp³-hybridized carbons (Fsp3) is 0.500. The Morgan fingerprint density at radius 1 is 1.42 bits per heavy atom. The first-order valence-electron chi connectivity index (χ1n) is 6.35. The molecular weight excluding hydrogens is 248 g/mol. The molecule has 102 valence electrons. The van der Waals surface area contributed by atoms with Crippen LogP contribution in [0.3, 0.4) is 0 Å². The number of nitrogens with zero attached hydrogens (tertiary/aromatic N) is 1. The Balaban J connectivity index is 1.83. The molecule has 0 radical (unpaired) electrons. The fourth-order valence-electron chi connectivity index (χ4n) is 2.79. The molecule has 0 aliphatic carbocycles. The Bertz CT molecular complexity index is 635. The molecule has 0 amide bonds. The molecule has 2 aromatic heterocycles. The van der Waals surface area contributed by atoms with Crippen molar-refractivity contribution in [3.8, 4) is 0 Å². The molecule has 1 saturated heterocycles. The van der Waals surface area contributed by atoms with Crippen LogP contribution in [0.15, 0.2) is 17.3 Å². The standard InChI is InChI=1S/C12H16N4O3/c17-5-8-3-16(4-9(8)18)2-7-1-13-11-10(7)14-6-15-12(11)19/h1,6,8-9,13,17-18H,2-5H2,(H,14,15,19)/p+1. The highest BCUT2D eigenvalue weighted by Gasteiger charge is 2.34. The molecule has 1 fully saturated rings. The number of aliphatic hydroxyl groups is 2. The second-order valence-corrected chi connectivity index (χ2v) is 5.11. The molecule has 3 unspecified atom stereocenters. The molecule has 5 N–H and O–H groups in total. The van der Waals surface area contributed by atoms with E-state index in [1.54, 1.807) is 6.20 Å². The van der Waals surface area contributed by atoms with E-state index in [9.17, 15) is 9.90 Å². The van der Waals surface area contributed by atoms with Gasteiger partial charge < -0.3 is 25.1 Å². The van der Waals surface area contributed by atoms with E-state index < -0.39 is 6.10 Å². The Morgan fingerprint density at radius 2 is 2.26 bits per heavy atom. The van der Waals surface area contributed by atoms with Crippen molar-refractivity contribution in [1.29, 1.82) is 0 Å². The molecule has 3 heterocycles. The lowest BCUT2D eigenvalue weighted by atomic mass is 10.1. The smallest absolute Gasteiger partial charge is 0.275 e. The van der Waals surface area contributed by atoms with Gasteiger partial charge in [-0.05, 0) is 0 Å². The van der Waals surface area contributed by atoms with E-state index in [0.29, 0.717) is 24.1 Å². The van der Waals surface area contributed by atoms with Crippen molar-refractivity contribution in [2.75, 3.05) is 19.7 Å². The summed E-state index contributed by atoms with van der Waals surface area (Å²) in [5.74, 6) is -0.0587. The van der Waals surface area contributed by atoms with Gasteiger partial charge in [0.05, 0.1) is 31.0 Å². The molecule has 0 spiro atoms. The van der Waals surface area contributed by atoms with E-state index in [1.807, 2.05) is 0 Å². The highest BCUT2D eigenvalue weighted by molar-refractivity contribution is 5.77. The summed E-state index contributed by atoms with van der Waals surface area (Å²) in [6.07, 6.45) is 2.73. The first-order valence-corrected chi connectivity index (χ1v) is 6.35. The van der Waals surface area contributed by atoms with Gasteiger partial charge in [-0.15, -0.1) is 0 Å². The summed E-state index contributed by atoms with van der Waals surface area (Å²) in [5, 5.41) is 18.9. The zero-order valence-electron chi connectivity index (χ0n) is 10.4. The largest absolute Gasteiger partial charge is 0.396 e. The van der Waals surface area contributed by atoms with E-state index in [0.717, 1.165) is 12.1 Å². The van der Waals surface area contributed by atoms with E-state index >= 15 is 0 Å². The van der Waals surface area contributed by atoms with Gasteiger partial charge in [-0.25, -0.2) is 4.98 Å². The number of hydrogen-bond donors (Lipinski definition) is 5. The molecule has 7 heteroatoms. The third kappa shape index (κ3) is 2.16. The SMILES string of the molecule is O=c1[nH]cnc2c(C[NH+]3CC(O)C(CO)C3)c[nH]c12. The van der Waals surface area contributed by atoms with Gasteiger partial charge in [-0.3, -0.25) is 4.79 Å². The van der Waals surface area contributed by atoms with Crippen LogP contribution in [-0.4, -0.2) is 51.0 Å². The first kappa shape index (κ1) is 12.3. The number of aliphatic hydroxyl groups excluding tert-OH is 2. The summed E-state index contributed by atoms with van der Waals surface area (Å²) in [6, 6.07) is 0. The number of nitrogens with one attached hydrogen (secondary N) is 3. The topological polar surface area (TPSA) is 106 Å². The number of H-pyrrole nitrogens is 2. The van der Waals surface area contributed by atoms with Gasteiger partial charge in [0.25, 0.3) is 5.56 Å². The van der Waals surface area contributed by atoms with Gasteiger partial charge in [0.2, 0.25) is 0 Å². The van der Waals surface area contributed by atoms with Crippen LogP contribution in [0.2, 0.25) is 0 Å². The third-order valence-electron chi connectivity index (χ3n) is 3.82. The number of rotatable bonds is 3. The van der Waals surface area contributed by atoms with Gasteiger partial charge >= 0.3 is 0 Å². The summed E-state index contributed by atoms with van der Waals surface area (Å²) in [5.41, 5.74) is 1.94. The van der Waals surface area contributed by atoms with Crippen molar-refractivity contribution in [1.82, 2.24) is 15.0 Å². The number of aromatic nitrogens is 3. The first-order chi connectivity index (χ1) is 9.19. The molecule has 0 bridgehead atoms. The minimum absolute atomic E-state index is 0.0104. The maximum Gasteiger partial charge on any atom is 0.275 e. The molecule has 1 aliphatic heterocycles. The molecule has 7 nitrogen and oxygen atoms in total. The van der Waals surface area contributed by atoms with Gasteiger partial charge in [0.1, 0.15) is 30.2 Å². The van der Waals surface area contributed by atoms with Gasteiger partial charge in [-0.1, -0.05) is 0 Å². The van der Waals surface area contributed by atoms with Crippen molar-refractivity contribution >= 4 is 11.0 Å². The molecule has 0 saturated carbocycles. The molecule has 0 aromatic carbocycles. The van der Waals surface area contributed by atoms with Crippen molar-refractivity contribution in [3.63, 3.8) is 0 Å². The second kappa shape index (κ2) is 4.76. The molecule has 3 atom stereocenters. The van der Waals surface area contributed by atoms with E-state index in [1.165, 1.54) is 11.2 Å². The predicted molar refractivity (Wildman–Crippen MR) is 67.7 cm³/mol. The lowest BCUT2D eigenvalue weighted by Crippen LogP contribution is -3.09. The summed E-state index contributed by atoms with van der Waals surface area (Å²) >= 11 is 0. The van der Waals surface area contributed by atoms with Crippen LogP contribution in [0.1, 0.15) is 5.56 Å². The van der Waals surface area contributed by atoms with Crippen LogP contribution in [0.25, 0.3) is 11.0 Å². The monoisotopic (exact) mass is 265 g/mol. The van der Waals surface area contributed by atoms with Crippen molar-refractivity contribution in [2.45, 2.75) is 12.6 Å². The number of likely N-dealkylation sites (tertiary alicyclic amines) is 1. The van der Waals surface area contributed by atoms with Crippen LogP contribution in [0.4, 0.5) is 0 Å². The molecule has 1 aliphatic rings. The highest BCUT2D eigenvalue weighted by Crippen LogP contribution is 2.11. The van der Waals surface area contributed by atoms with E-state index in [2.05, 4.69) is 15.0 Å². The fourth-order valence-corrected chi connectivity index (χ4v) is 2.79. The average molecular weight is 265 g/mol. The van der Waals surface area contributed by atoms with Crippen molar-refractivity contribution < 1.29 is 15.1 Å². The predicted octanol–water partition coefficient (Wildman–Crippen LogP) is -2.38. The number of aromatic amines is 2. The van der Waals surface area contributed by atoms with Gasteiger partial charge in [-0.2, -0.15) is 0 Å².